The van der Waals surface area contributed by atoms with Crippen LogP contribution in [-0.2, 0) is 0 Å². The molecule has 0 aliphatic rings. The van der Waals surface area contributed by atoms with Crippen LogP contribution in [0, 0.1) is 0 Å². The van der Waals surface area contributed by atoms with E-state index < -0.39 is 0 Å². The number of rotatable bonds is 3. The first-order valence-corrected chi connectivity index (χ1v) is 6.84. The Morgan fingerprint density at radius 3 is 2.69 bits per heavy atom. The minimum Gasteiger partial charge on any atom is -0.339 e. The van der Waals surface area contributed by atoms with Crippen molar-refractivity contribution in [2.45, 2.75) is 4.90 Å². The van der Waals surface area contributed by atoms with Crippen molar-refractivity contribution in [1.29, 1.82) is 0 Å². The lowest BCUT2D eigenvalue weighted by Crippen LogP contribution is -1.94. The number of hydrogen-bond donors (Lipinski definition) is 1. The van der Waals surface area contributed by atoms with Crippen LogP contribution in [0.15, 0.2) is 52.0 Å². The molecule has 1 aromatic carbocycles. The molecule has 2 aromatic rings. The lowest BCUT2D eigenvalue weighted by atomic mass is 10.3. The van der Waals surface area contributed by atoms with E-state index in [1.165, 1.54) is 4.90 Å². The maximum absolute atomic E-state index is 4.34. The van der Waals surface area contributed by atoms with Crippen molar-refractivity contribution in [2.75, 3.05) is 11.6 Å². The summed E-state index contributed by atoms with van der Waals surface area (Å²) >= 11 is 5.07. The van der Waals surface area contributed by atoms with Crippen molar-refractivity contribution in [1.82, 2.24) is 4.98 Å². The van der Waals surface area contributed by atoms with E-state index in [-0.39, 0.29) is 0 Å². The molecular formula is C12H11BrN2S. The molecule has 1 heterocycles. The van der Waals surface area contributed by atoms with Gasteiger partial charge < -0.3 is 5.32 Å². The molecule has 16 heavy (non-hydrogen) atoms. The third-order valence-electron chi connectivity index (χ3n) is 2.08. The zero-order valence-electron chi connectivity index (χ0n) is 8.77. The molecule has 0 aliphatic heterocycles. The average Bonchev–Trinajstić information content (AvgIpc) is 2.30. The summed E-state index contributed by atoms with van der Waals surface area (Å²) in [5.41, 5.74) is 1.08. The molecule has 1 aromatic heterocycles. The molecule has 0 unspecified atom stereocenters. The third kappa shape index (κ3) is 2.77. The number of nitrogens with zero attached hydrogens (tertiary/aromatic N) is 1. The zero-order chi connectivity index (χ0) is 11.4. The standard InChI is InChI=1S/C12H11BrN2S/c1-16-10-6-3-2-5-9(10)14-12-8-4-7-11(13)15-12/h2-8H,1H3,(H,14,15). The lowest BCUT2D eigenvalue weighted by Gasteiger charge is -2.09. The molecule has 0 aliphatic carbocycles. The summed E-state index contributed by atoms with van der Waals surface area (Å²) < 4.78 is 0.833. The van der Waals surface area contributed by atoms with Gasteiger partial charge in [-0.05, 0) is 46.5 Å². The quantitative estimate of drug-likeness (QED) is 0.674. The van der Waals surface area contributed by atoms with E-state index in [9.17, 15) is 0 Å². The van der Waals surface area contributed by atoms with E-state index >= 15 is 0 Å². The number of anilines is 2. The van der Waals surface area contributed by atoms with Gasteiger partial charge in [0.2, 0.25) is 0 Å². The van der Waals surface area contributed by atoms with Crippen molar-refractivity contribution >= 4 is 39.2 Å². The maximum atomic E-state index is 4.34. The monoisotopic (exact) mass is 294 g/mol. The van der Waals surface area contributed by atoms with Crippen LogP contribution in [0.3, 0.4) is 0 Å². The molecule has 2 nitrogen and oxygen atoms in total. The number of pyridine rings is 1. The Morgan fingerprint density at radius 1 is 1.12 bits per heavy atom. The molecule has 0 radical (unpaired) electrons. The Hall–Kier alpha value is -1.000. The molecule has 0 bridgehead atoms. The predicted molar refractivity (Wildman–Crippen MR) is 73.4 cm³/mol. The van der Waals surface area contributed by atoms with Gasteiger partial charge in [-0.25, -0.2) is 4.98 Å². The molecule has 4 heteroatoms. The van der Waals surface area contributed by atoms with Gasteiger partial charge in [-0.1, -0.05) is 18.2 Å². The summed E-state index contributed by atoms with van der Waals surface area (Å²) in [6, 6.07) is 14.0. The van der Waals surface area contributed by atoms with E-state index in [0.29, 0.717) is 0 Å². The number of hydrogen-bond acceptors (Lipinski definition) is 3. The Kier molecular flexibility index (Phi) is 3.85. The highest BCUT2D eigenvalue weighted by atomic mass is 79.9. The molecule has 0 atom stereocenters. The van der Waals surface area contributed by atoms with Gasteiger partial charge in [-0.2, -0.15) is 0 Å². The van der Waals surface area contributed by atoms with E-state index in [2.05, 4.69) is 44.6 Å². The Balaban J connectivity index is 2.26. The van der Waals surface area contributed by atoms with Crippen LogP contribution in [0.2, 0.25) is 0 Å². The normalized spacial score (nSPS) is 10.1. The smallest absolute Gasteiger partial charge is 0.131 e. The van der Waals surface area contributed by atoms with E-state index in [0.717, 1.165) is 16.1 Å². The van der Waals surface area contributed by atoms with Crippen LogP contribution >= 0.6 is 27.7 Å². The largest absolute Gasteiger partial charge is 0.339 e. The van der Waals surface area contributed by atoms with Crippen LogP contribution in [0.1, 0.15) is 0 Å². The van der Waals surface area contributed by atoms with Gasteiger partial charge >= 0.3 is 0 Å². The molecule has 0 amide bonds. The van der Waals surface area contributed by atoms with Crippen LogP contribution in [-0.4, -0.2) is 11.2 Å². The van der Waals surface area contributed by atoms with Crippen LogP contribution in [0.4, 0.5) is 11.5 Å². The SMILES string of the molecule is CSc1ccccc1Nc1cccc(Br)n1. The summed E-state index contributed by atoms with van der Waals surface area (Å²) in [6.45, 7) is 0. The van der Waals surface area contributed by atoms with Crippen molar-refractivity contribution in [3.8, 4) is 0 Å². The lowest BCUT2D eigenvalue weighted by molar-refractivity contribution is 1.25. The summed E-state index contributed by atoms with van der Waals surface area (Å²) in [4.78, 5) is 5.55. The molecule has 0 spiro atoms. The highest BCUT2D eigenvalue weighted by molar-refractivity contribution is 9.10. The number of thioether (sulfide) groups is 1. The Bertz CT molecular complexity index is 488. The number of halogens is 1. The highest BCUT2D eigenvalue weighted by Crippen LogP contribution is 2.27. The van der Waals surface area contributed by atoms with Gasteiger partial charge in [0.05, 0.1) is 5.69 Å². The summed E-state index contributed by atoms with van der Waals surface area (Å²) in [7, 11) is 0. The second-order valence-electron chi connectivity index (χ2n) is 3.17. The number of para-hydroxylation sites is 1. The third-order valence-corrected chi connectivity index (χ3v) is 3.32. The summed E-state index contributed by atoms with van der Waals surface area (Å²) in [5, 5.41) is 3.30. The Morgan fingerprint density at radius 2 is 1.94 bits per heavy atom. The second-order valence-corrected chi connectivity index (χ2v) is 4.83. The number of nitrogens with one attached hydrogen (secondary N) is 1. The van der Waals surface area contributed by atoms with Gasteiger partial charge in [0.25, 0.3) is 0 Å². The highest BCUT2D eigenvalue weighted by Gasteiger charge is 2.01. The van der Waals surface area contributed by atoms with Gasteiger partial charge in [-0.3, -0.25) is 0 Å². The van der Waals surface area contributed by atoms with Crippen LogP contribution in [0.5, 0.6) is 0 Å². The molecule has 2 rings (SSSR count). The first kappa shape index (κ1) is 11.5. The second kappa shape index (κ2) is 5.37. The minimum atomic E-state index is 0.833. The maximum Gasteiger partial charge on any atom is 0.131 e. The van der Waals surface area contributed by atoms with Crippen LogP contribution in [0.25, 0.3) is 0 Å². The van der Waals surface area contributed by atoms with Gasteiger partial charge in [0, 0.05) is 4.90 Å². The predicted octanol–water partition coefficient (Wildman–Crippen LogP) is 4.31. The zero-order valence-corrected chi connectivity index (χ0v) is 11.2. The fraction of sp³-hybridized carbons (Fsp3) is 0.0833. The van der Waals surface area contributed by atoms with E-state index in [1.807, 2.05) is 30.3 Å². The van der Waals surface area contributed by atoms with Gasteiger partial charge in [0.1, 0.15) is 10.4 Å². The van der Waals surface area contributed by atoms with Gasteiger partial charge in [-0.15, -0.1) is 11.8 Å². The molecule has 1 N–H and O–H groups in total. The number of aromatic nitrogens is 1. The summed E-state index contributed by atoms with van der Waals surface area (Å²) in [6.07, 6.45) is 2.06. The first-order valence-electron chi connectivity index (χ1n) is 4.82. The van der Waals surface area contributed by atoms with Crippen molar-refractivity contribution in [2.24, 2.45) is 0 Å². The minimum absolute atomic E-state index is 0.833. The average molecular weight is 295 g/mol. The topological polar surface area (TPSA) is 24.9 Å². The van der Waals surface area contributed by atoms with E-state index in [1.54, 1.807) is 11.8 Å². The fourth-order valence-corrected chi connectivity index (χ4v) is 2.26. The van der Waals surface area contributed by atoms with Crippen molar-refractivity contribution < 1.29 is 0 Å². The number of benzene rings is 1. The van der Waals surface area contributed by atoms with Crippen molar-refractivity contribution in [3.05, 3.63) is 47.1 Å². The Labute approximate surface area is 108 Å². The van der Waals surface area contributed by atoms with Gasteiger partial charge in [0.15, 0.2) is 0 Å². The van der Waals surface area contributed by atoms with Crippen LogP contribution < -0.4 is 5.32 Å². The molecule has 0 fully saturated rings. The first-order chi connectivity index (χ1) is 7.79. The molecule has 0 saturated carbocycles. The summed E-state index contributed by atoms with van der Waals surface area (Å²) in [5.74, 6) is 0.843. The molecule has 0 saturated heterocycles. The molecule has 82 valence electrons. The van der Waals surface area contributed by atoms with E-state index in [4.69, 9.17) is 0 Å². The molecular weight excluding hydrogens is 284 g/mol. The van der Waals surface area contributed by atoms with Crippen molar-refractivity contribution in [3.63, 3.8) is 0 Å². The fourth-order valence-electron chi connectivity index (χ4n) is 1.36.